The fourth-order valence-corrected chi connectivity index (χ4v) is 3.50. The van der Waals surface area contributed by atoms with E-state index in [9.17, 15) is 4.79 Å². The summed E-state index contributed by atoms with van der Waals surface area (Å²) in [6.45, 7) is 3.84. The lowest BCUT2D eigenvalue weighted by atomic mass is 9.74. The molecule has 2 heterocycles. The van der Waals surface area contributed by atoms with Crippen molar-refractivity contribution in [3.05, 3.63) is 29.3 Å². The van der Waals surface area contributed by atoms with E-state index < -0.39 is 0 Å². The smallest absolute Gasteiger partial charge is 0.319 e. The number of rotatable bonds is 3. The van der Waals surface area contributed by atoms with E-state index in [4.69, 9.17) is 10.5 Å². The molecule has 0 atom stereocenters. The predicted octanol–water partition coefficient (Wildman–Crippen LogP) is 1.08. The SMILES string of the molecule is COC(=O)CN1CCC2(CC1)CNc1ccc(CN)cc12. The Bertz CT molecular complexity index is 536. The van der Waals surface area contributed by atoms with Crippen molar-refractivity contribution < 1.29 is 9.53 Å². The fourth-order valence-electron chi connectivity index (χ4n) is 3.50. The molecule has 114 valence electrons. The molecule has 1 saturated heterocycles. The van der Waals surface area contributed by atoms with Crippen molar-refractivity contribution in [2.45, 2.75) is 24.8 Å². The van der Waals surface area contributed by atoms with Crippen molar-refractivity contribution in [1.82, 2.24) is 4.90 Å². The minimum absolute atomic E-state index is 0.152. The van der Waals surface area contributed by atoms with E-state index in [1.54, 1.807) is 0 Å². The Morgan fingerprint density at radius 3 is 2.86 bits per heavy atom. The van der Waals surface area contributed by atoms with Gasteiger partial charge in [-0.15, -0.1) is 0 Å². The van der Waals surface area contributed by atoms with Crippen LogP contribution in [0.25, 0.3) is 0 Å². The highest BCUT2D eigenvalue weighted by molar-refractivity contribution is 5.71. The van der Waals surface area contributed by atoms with Crippen molar-refractivity contribution in [3.63, 3.8) is 0 Å². The molecule has 0 aliphatic carbocycles. The van der Waals surface area contributed by atoms with E-state index >= 15 is 0 Å². The predicted molar refractivity (Wildman–Crippen MR) is 82.2 cm³/mol. The largest absolute Gasteiger partial charge is 0.468 e. The first kappa shape index (κ1) is 14.4. The summed E-state index contributed by atoms with van der Waals surface area (Å²) in [7, 11) is 1.44. The third kappa shape index (κ3) is 2.63. The Kier molecular flexibility index (Phi) is 3.87. The summed E-state index contributed by atoms with van der Waals surface area (Å²) >= 11 is 0. The van der Waals surface area contributed by atoms with Crippen LogP contribution in [0.4, 0.5) is 5.69 Å². The molecule has 21 heavy (non-hydrogen) atoms. The molecular formula is C16H23N3O2. The van der Waals surface area contributed by atoms with Crippen LogP contribution in [0.5, 0.6) is 0 Å². The highest BCUT2D eigenvalue weighted by Crippen LogP contribution is 2.44. The normalized spacial score (nSPS) is 20.1. The number of likely N-dealkylation sites (tertiary alicyclic amines) is 1. The summed E-state index contributed by atoms with van der Waals surface area (Å²) in [5, 5.41) is 3.53. The molecule has 5 nitrogen and oxygen atoms in total. The van der Waals surface area contributed by atoms with Crippen LogP contribution >= 0.6 is 0 Å². The number of esters is 1. The van der Waals surface area contributed by atoms with E-state index in [2.05, 4.69) is 28.4 Å². The molecule has 1 fully saturated rings. The van der Waals surface area contributed by atoms with Gasteiger partial charge in [0.05, 0.1) is 13.7 Å². The van der Waals surface area contributed by atoms with Gasteiger partial charge in [-0.2, -0.15) is 0 Å². The molecule has 0 unspecified atom stereocenters. The zero-order chi connectivity index (χ0) is 14.9. The summed E-state index contributed by atoms with van der Waals surface area (Å²) in [5.74, 6) is -0.152. The Labute approximate surface area is 125 Å². The van der Waals surface area contributed by atoms with Gasteiger partial charge >= 0.3 is 5.97 Å². The number of nitrogens with one attached hydrogen (secondary N) is 1. The van der Waals surface area contributed by atoms with Gasteiger partial charge in [0, 0.05) is 24.2 Å². The van der Waals surface area contributed by atoms with Crippen LogP contribution in [0.15, 0.2) is 18.2 Å². The van der Waals surface area contributed by atoms with Crippen molar-refractivity contribution in [1.29, 1.82) is 0 Å². The number of piperidine rings is 1. The summed E-state index contributed by atoms with van der Waals surface area (Å²) in [6.07, 6.45) is 2.13. The third-order valence-electron chi connectivity index (χ3n) is 4.90. The monoisotopic (exact) mass is 289 g/mol. The minimum Gasteiger partial charge on any atom is -0.468 e. The number of carbonyl (C=O) groups is 1. The lowest BCUT2D eigenvalue weighted by Gasteiger charge is -2.39. The Morgan fingerprint density at radius 2 is 2.19 bits per heavy atom. The Hall–Kier alpha value is -1.59. The zero-order valence-electron chi connectivity index (χ0n) is 12.5. The first-order chi connectivity index (χ1) is 10.2. The second-order valence-corrected chi connectivity index (χ2v) is 6.07. The summed E-state index contributed by atoms with van der Waals surface area (Å²) < 4.78 is 4.75. The van der Waals surface area contributed by atoms with Crippen molar-refractivity contribution in [3.8, 4) is 0 Å². The molecule has 0 bridgehead atoms. The molecule has 5 heteroatoms. The number of hydrogen-bond donors (Lipinski definition) is 2. The van der Waals surface area contributed by atoms with Gasteiger partial charge in [-0.3, -0.25) is 9.69 Å². The third-order valence-corrected chi connectivity index (χ3v) is 4.90. The standard InChI is InChI=1S/C16H23N3O2/c1-21-15(20)10-19-6-4-16(5-7-19)11-18-14-3-2-12(9-17)8-13(14)16/h2-3,8,18H,4-7,9-11,17H2,1H3. The zero-order valence-corrected chi connectivity index (χ0v) is 12.5. The van der Waals surface area contributed by atoms with Gasteiger partial charge in [0.25, 0.3) is 0 Å². The fraction of sp³-hybridized carbons (Fsp3) is 0.562. The number of carbonyl (C=O) groups excluding carboxylic acids is 1. The molecule has 1 aromatic rings. The average Bonchev–Trinajstić information content (AvgIpc) is 2.87. The lowest BCUT2D eigenvalue weighted by molar-refractivity contribution is -0.142. The number of anilines is 1. The van der Waals surface area contributed by atoms with Crippen LogP contribution in [0, 0.1) is 0 Å². The van der Waals surface area contributed by atoms with Crippen LogP contribution in [0.3, 0.4) is 0 Å². The highest BCUT2D eigenvalue weighted by atomic mass is 16.5. The highest BCUT2D eigenvalue weighted by Gasteiger charge is 2.41. The van der Waals surface area contributed by atoms with E-state index in [0.29, 0.717) is 13.1 Å². The molecular weight excluding hydrogens is 266 g/mol. The second-order valence-electron chi connectivity index (χ2n) is 6.07. The van der Waals surface area contributed by atoms with Crippen LogP contribution in [0.2, 0.25) is 0 Å². The number of ether oxygens (including phenoxy) is 1. The molecule has 3 N–H and O–H groups in total. The van der Waals surface area contributed by atoms with E-state index in [1.165, 1.54) is 23.9 Å². The first-order valence-corrected chi connectivity index (χ1v) is 7.53. The van der Waals surface area contributed by atoms with Gasteiger partial charge in [-0.25, -0.2) is 0 Å². The average molecular weight is 289 g/mol. The Morgan fingerprint density at radius 1 is 1.43 bits per heavy atom. The number of nitrogens with two attached hydrogens (primary N) is 1. The molecule has 3 rings (SSSR count). The van der Waals surface area contributed by atoms with Gasteiger partial charge in [0.1, 0.15) is 0 Å². The molecule has 1 aromatic carbocycles. The van der Waals surface area contributed by atoms with E-state index in [-0.39, 0.29) is 11.4 Å². The summed E-state index contributed by atoms with van der Waals surface area (Å²) in [6, 6.07) is 6.50. The molecule has 2 aliphatic rings. The maximum atomic E-state index is 11.4. The maximum absolute atomic E-state index is 11.4. The summed E-state index contributed by atoms with van der Waals surface area (Å²) in [4.78, 5) is 13.6. The number of nitrogens with zero attached hydrogens (tertiary/aromatic N) is 1. The van der Waals surface area contributed by atoms with Crippen LogP contribution in [-0.2, 0) is 21.5 Å². The van der Waals surface area contributed by atoms with E-state index in [0.717, 1.165) is 32.5 Å². The quantitative estimate of drug-likeness (QED) is 0.815. The van der Waals surface area contributed by atoms with E-state index in [1.807, 2.05) is 0 Å². The molecule has 0 amide bonds. The van der Waals surface area contributed by atoms with Crippen molar-refractivity contribution in [2.75, 3.05) is 38.6 Å². The second kappa shape index (κ2) is 5.66. The minimum atomic E-state index is -0.152. The molecule has 0 aromatic heterocycles. The Balaban J connectivity index is 1.73. The van der Waals surface area contributed by atoms with Crippen LogP contribution in [-0.4, -0.2) is 44.2 Å². The first-order valence-electron chi connectivity index (χ1n) is 7.53. The lowest BCUT2D eigenvalue weighted by Crippen LogP contribution is -2.45. The van der Waals surface area contributed by atoms with Gasteiger partial charge in [-0.1, -0.05) is 12.1 Å². The van der Waals surface area contributed by atoms with Crippen LogP contribution in [0.1, 0.15) is 24.0 Å². The summed E-state index contributed by atoms with van der Waals surface area (Å²) in [5.41, 5.74) is 9.81. The molecule has 2 aliphatic heterocycles. The van der Waals surface area contributed by atoms with Crippen molar-refractivity contribution >= 4 is 11.7 Å². The van der Waals surface area contributed by atoms with Gasteiger partial charge < -0.3 is 15.8 Å². The van der Waals surface area contributed by atoms with Gasteiger partial charge in [-0.05, 0) is 43.1 Å². The number of fused-ring (bicyclic) bond motifs is 2. The number of hydrogen-bond acceptors (Lipinski definition) is 5. The van der Waals surface area contributed by atoms with Gasteiger partial charge in [0.2, 0.25) is 0 Å². The maximum Gasteiger partial charge on any atom is 0.319 e. The number of benzene rings is 1. The topological polar surface area (TPSA) is 67.6 Å². The molecule has 0 radical (unpaired) electrons. The molecule has 0 saturated carbocycles. The van der Waals surface area contributed by atoms with Gasteiger partial charge in [0.15, 0.2) is 0 Å². The molecule has 1 spiro atoms. The van der Waals surface area contributed by atoms with Crippen molar-refractivity contribution in [2.24, 2.45) is 5.73 Å². The van der Waals surface area contributed by atoms with Crippen LogP contribution < -0.4 is 11.1 Å². The number of methoxy groups -OCH3 is 1.